The van der Waals surface area contributed by atoms with Gasteiger partial charge >= 0.3 is 5.97 Å². The highest BCUT2D eigenvalue weighted by molar-refractivity contribution is 8.12. The molecule has 2 atom stereocenters. The van der Waals surface area contributed by atoms with Gasteiger partial charge in [-0.3, -0.25) is 19.1 Å². The Hall–Kier alpha value is -0.810. The molecule has 0 saturated heterocycles. The number of carboxylic acids is 1. The molecule has 0 aromatic rings. The number of carboxylic acid groups (broad SMARTS) is 1. The van der Waals surface area contributed by atoms with Crippen LogP contribution in [-0.2, 0) is 14.4 Å². The fourth-order valence-corrected chi connectivity index (χ4v) is 2.75. The summed E-state index contributed by atoms with van der Waals surface area (Å²) in [5, 5.41) is 10.9. The summed E-state index contributed by atoms with van der Waals surface area (Å²) >= 11 is 4.71. The molecule has 0 saturated carbocycles. The van der Waals surface area contributed by atoms with Gasteiger partial charge in [0.15, 0.2) is 0 Å². The Kier molecular flexibility index (Phi) is 12.2. The van der Waals surface area contributed by atoms with E-state index in [4.69, 9.17) is 10.8 Å². The van der Waals surface area contributed by atoms with Gasteiger partial charge in [-0.1, -0.05) is 19.2 Å². The maximum Gasteiger partial charge on any atom is 0.303 e. The van der Waals surface area contributed by atoms with Crippen molar-refractivity contribution in [2.24, 2.45) is 5.73 Å². The molecule has 1 amide bonds. The zero-order chi connectivity index (χ0) is 17.0. The van der Waals surface area contributed by atoms with E-state index in [1.165, 1.54) is 7.05 Å². The lowest BCUT2D eigenvalue weighted by molar-refractivity contribution is -0.137. The molecule has 0 aliphatic heterocycles. The summed E-state index contributed by atoms with van der Waals surface area (Å²) in [5.74, 6) is -1.36. The summed E-state index contributed by atoms with van der Waals surface area (Å²) in [7, 11) is 1.45. The van der Waals surface area contributed by atoms with Crippen LogP contribution in [0.3, 0.4) is 0 Å². The molecule has 6 N–H and O–H groups in total. The zero-order valence-corrected chi connectivity index (χ0v) is 14.2. The molecule has 0 aliphatic carbocycles. The van der Waals surface area contributed by atoms with Crippen LogP contribution in [0.5, 0.6) is 0 Å². The van der Waals surface area contributed by atoms with Crippen LogP contribution in [0.4, 0.5) is 0 Å². The normalized spacial score (nSPS) is 13.4. The van der Waals surface area contributed by atoms with Crippen molar-refractivity contribution in [2.75, 3.05) is 13.6 Å². The number of likely N-dealkylation sites (N-methyl/N-ethyl adjacent to an activating group) is 1. The molecule has 22 heavy (non-hydrogen) atoms. The first-order valence-corrected chi connectivity index (χ1v) is 8.21. The Bertz CT molecular complexity index is 371. The fourth-order valence-electron chi connectivity index (χ4n) is 1.61. The largest absolute Gasteiger partial charge is 0.481 e. The van der Waals surface area contributed by atoms with Crippen molar-refractivity contribution in [3.63, 3.8) is 0 Å². The highest BCUT2D eigenvalue weighted by Gasteiger charge is 2.22. The number of carbonyl (C=O) groups is 3. The molecule has 0 heterocycles. The number of amides is 1. The van der Waals surface area contributed by atoms with E-state index in [2.05, 4.69) is 27.6 Å². The van der Waals surface area contributed by atoms with Gasteiger partial charge < -0.3 is 16.2 Å². The van der Waals surface area contributed by atoms with Crippen molar-refractivity contribution in [1.29, 1.82) is 0 Å². The second-order valence-corrected chi connectivity index (χ2v) is 5.70. The van der Waals surface area contributed by atoms with Crippen LogP contribution in [0.15, 0.2) is 0 Å². The third-order valence-electron chi connectivity index (χ3n) is 2.90. The average molecular weight is 352 g/mol. The van der Waals surface area contributed by atoms with E-state index in [0.717, 1.165) is 24.8 Å². The van der Waals surface area contributed by atoms with Gasteiger partial charge in [0.25, 0.3) is 0 Å². The van der Waals surface area contributed by atoms with Crippen molar-refractivity contribution in [2.45, 2.75) is 44.2 Å². The predicted octanol–water partition coefficient (Wildman–Crippen LogP) is -0.338. The molecule has 128 valence electrons. The standard InChI is InChI=1S/C12H24N4O4S2/c1-14-11(19)8(5-6-10(17)18)16-22-12(20)9(15-21)4-2-3-7-13/h8-9,15-16,21H,2-7,13H2,1H3,(H,14,19)(H,17,18). The van der Waals surface area contributed by atoms with Crippen LogP contribution in [0, 0.1) is 0 Å². The molecule has 2 unspecified atom stereocenters. The first kappa shape index (κ1) is 21.2. The van der Waals surface area contributed by atoms with Gasteiger partial charge in [-0.15, -0.1) is 0 Å². The van der Waals surface area contributed by atoms with E-state index >= 15 is 0 Å². The topological polar surface area (TPSA) is 134 Å². The number of thiol groups is 1. The van der Waals surface area contributed by atoms with Crippen LogP contribution in [0.2, 0.25) is 0 Å². The van der Waals surface area contributed by atoms with Crippen molar-refractivity contribution in [1.82, 2.24) is 14.8 Å². The summed E-state index contributed by atoms with van der Waals surface area (Å²) < 4.78 is 5.35. The number of nitrogens with two attached hydrogens (primary N) is 1. The number of hydrogen-bond acceptors (Lipinski definition) is 8. The van der Waals surface area contributed by atoms with E-state index in [9.17, 15) is 14.4 Å². The fraction of sp³-hybridized carbons (Fsp3) is 0.750. The quantitative estimate of drug-likeness (QED) is 0.160. The van der Waals surface area contributed by atoms with Crippen LogP contribution in [0.1, 0.15) is 32.1 Å². The average Bonchev–Trinajstić information content (AvgIpc) is 2.50. The van der Waals surface area contributed by atoms with Gasteiger partial charge in [-0.25, -0.2) is 4.72 Å². The van der Waals surface area contributed by atoms with Gasteiger partial charge in [-0.2, -0.15) is 0 Å². The predicted molar refractivity (Wildman–Crippen MR) is 89.3 cm³/mol. The van der Waals surface area contributed by atoms with E-state index in [-0.39, 0.29) is 23.9 Å². The Morgan fingerprint density at radius 1 is 1.23 bits per heavy atom. The third-order valence-corrected chi connectivity index (χ3v) is 4.10. The lowest BCUT2D eigenvalue weighted by atomic mass is 10.1. The van der Waals surface area contributed by atoms with Gasteiger partial charge in [-0.05, 0) is 37.8 Å². The van der Waals surface area contributed by atoms with Gasteiger partial charge in [0, 0.05) is 13.5 Å². The molecular weight excluding hydrogens is 328 g/mol. The summed E-state index contributed by atoms with van der Waals surface area (Å²) in [6, 6.07) is -1.21. The third kappa shape index (κ3) is 9.26. The summed E-state index contributed by atoms with van der Waals surface area (Å²) in [6.45, 7) is 0.562. The van der Waals surface area contributed by atoms with Crippen molar-refractivity contribution >= 4 is 41.8 Å². The molecule has 10 heteroatoms. The number of unbranched alkanes of at least 4 members (excludes halogenated alkanes) is 1. The van der Waals surface area contributed by atoms with Gasteiger partial charge in [0.2, 0.25) is 11.0 Å². The van der Waals surface area contributed by atoms with Crippen molar-refractivity contribution in [3.8, 4) is 0 Å². The molecule has 0 aromatic heterocycles. The second kappa shape index (κ2) is 12.7. The summed E-state index contributed by atoms with van der Waals surface area (Å²) in [6.07, 6.45) is 2.13. The maximum absolute atomic E-state index is 12.0. The first-order valence-electron chi connectivity index (χ1n) is 6.95. The number of hydrogen-bond donors (Lipinski definition) is 6. The first-order chi connectivity index (χ1) is 10.5. The molecule has 8 nitrogen and oxygen atoms in total. The van der Waals surface area contributed by atoms with Crippen LogP contribution < -0.4 is 20.5 Å². The molecular formula is C12H24N4O4S2. The Labute approximate surface area is 140 Å². The monoisotopic (exact) mass is 352 g/mol. The smallest absolute Gasteiger partial charge is 0.303 e. The molecule has 0 spiro atoms. The Balaban J connectivity index is 4.38. The number of rotatable bonds is 12. The van der Waals surface area contributed by atoms with E-state index in [1.807, 2.05) is 0 Å². The molecule has 0 fully saturated rings. The molecule has 0 aliphatic rings. The molecule has 0 aromatic carbocycles. The van der Waals surface area contributed by atoms with E-state index < -0.39 is 18.1 Å². The highest BCUT2D eigenvalue weighted by atomic mass is 32.2. The SMILES string of the molecule is CNC(=O)C(CCC(=O)O)NSC(=O)C(CCCCN)NS. The van der Waals surface area contributed by atoms with Crippen LogP contribution >= 0.6 is 24.8 Å². The maximum atomic E-state index is 12.0. The second-order valence-electron chi connectivity index (χ2n) is 4.60. The van der Waals surface area contributed by atoms with Crippen molar-refractivity contribution < 1.29 is 19.5 Å². The highest BCUT2D eigenvalue weighted by Crippen LogP contribution is 2.11. The minimum absolute atomic E-state index is 0.0986. The lowest BCUT2D eigenvalue weighted by Gasteiger charge is -2.18. The van der Waals surface area contributed by atoms with E-state index in [1.54, 1.807) is 0 Å². The number of carbonyl (C=O) groups excluding carboxylic acids is 2. The van der Waals surface area contributed by atoms with Gasteiger partial charge in [0.1, 0.15) is 0 Å². The Morgan fingerprint density at radius 3 is 2.41 bits per heavy atom. The summed E-state index contributed by atoms with van der Waals surface area (Å²) in [4.78, 5) is 34.3. The summed E-state index contributed by atoms with van der Waals surface area (Å²) in [5.41, 5.74) is 5.40. The van der Waals surface area contributed by atoms with Crippen molar-refractivity contribution in [3.05, 3.63) is 0 Å². The lowest BCUT2D eigenvalue weighted by Crippen LogP contribution is -2.42. The molecule has 0 radical (unpaired) electrons. The van der Waals surface area contributed by atoms with Crippen LogP contribution in [-0.4, -0.2) is 47.8 Å². The van der Waals surface area contributed by atoms with E-state index in [0.29, 0.717) is 13.0 Å². The minimum Gasteiger partial charge on any atom is -0.481 e. The zero-order valence-electron chi connectivity index (χ0n) is 12.5. The van der Waals surface area contributed by atoms with Crippen LogP contribution in [0.25, 0.3) is 0 Å². The number of nitrogens with one attached hydrogen (secondary N) is 3. The minimum atomic E-state index is -0.997. The Morgan fingerprint density at radius 2 is 1.91 bits per heavy atom. The number of aliphatic carboxylic acids is 1. The molecule has 0 rings (SSSR count). The molecule has 0 bridgehead atoms. The van der Waals surface area contributed by atoms with Gasteiger partial charge in [0.05, 0.1) is 12.1 Å².